The van der Waals surface area contributed by atoms with Crippen LogP contribution in [0, 0.1) is 5.92 Å². The molecular weight excluding hydrogens is 566 g/mol. The molecule has 11 nitrogen and oxygen atoms in total. The van der Waals surface area contributed by atoms with Crippen LogP contribution in [-0.2, 0) is 35.1 Å². The summed E-state index contributed by atoms with van der Waals surface area (Å²) in [5.41, 5.74) is -0.367. The smallest absolute Gasteiger partial charge is 0.248 e. The summed E-state index contributed by atoms with van der Waals surface area (Å²) in [6.45, 7) is 5.71. The largest absolute Gasteiger partial charge is 0.497 e. The Kier molecular flexibility index (Phi) is 10.7. The van der Waals surface area contributed by atoms with E-state index in [1.165, 1.54) is 14.0 Å². The van der Waals surface area contributed by atoms with Crippen molar-refractivity contribution in [2.24, 2.45) is 5.92 Å². The number of amides is 3. The maximum atomic E-state index is 13.9. The van der Waals surface area contributed by atoms with Gasteiger partial charge in [0.2, 0.25) is 23.6 Å². The molecule has 1 aliphatic carbocycles. The van der Waals surface area contributed by atoms with Gasteiger partial charge in [0.05, 0.1) is 39.5 Å². The second kappa shape index (κ2) is 14.1. The maximum absolute atomic E-state index is 13.9. The van der Waals surface area contributed by atoms with E-state index in [4.69, 9.17) is 14.2 Å². The number of ketones is 1. The Hall–Kier alpha value is -3.16. The summed E-state index contributed by atoms with van der Waals surface area (Å²) in [6, 6.07) is 3.82. The number of ether oxygens (including phenoxy) is 3. The van der Waals surface area contributed by atoms with Gasteiger partial charge in [0.15, 0.2) is 5.78 Å². The number of carbonyl (C=O) groups excluding carboxylic acids is 4. The molecule has 0 unspecified atom stereocenters. The molecule has 0 bridgehead atoms. The van der Waals surface area contributed by atoms with Crippen LogP contribution in [0.1, 0.15) is 45.1 Å². The standard InChI is InChI=1S/C30H42F2N4O7/c1-19(33-25(37)17-36-10-12-42-13-11-36)27(39)35-24(14-20-4-6-22(41-3)7-5-20)28(40)34-23(26(38)29(2)18-43-29)15-21-8-9-30(31,32)16-21/h4-7,19,21,23-24H,8-18H2,1-3H3,(H,33,37)(H,34,40)(H,35,39)/t19-,21-,23-,24-,29-/m0/s1. The van der Waals surface area contributed by atoms with Crippen molar-refractivity contribution in [3.63, 3.8) is 0 Å². The molecule has 3 amide bonds. The van der Waals surface area contributed by atoms with E-state index in [1.807, 2.05) is 4.90 Å². The Bertz CT molecular complexity index is 1160. The van der Waals surface area contributed by atoms with Crippen LogP contribution in [-0.4, -0.2) is 105 Å². The number of morpholine rings is 1. The van der Waals surface area contributed by atoms with Gasteiger partial charge in [-0.05, 0) is 50.3 Å². The first-order chi connectivity index (χ1) is 20.4. The lowest BCUT2D eigenvalue weighted by molar-refractivity contribution is -0.134. The highest BCUT2D eigenvalue weighted by atomic mass is 19.3. The van der Waals surface area contributed by atoms with Crippen LogP contribution in [0.5, 0.6) is 5.75 Å². The number of nitrogens with zero attached hydrogens (tertiary/aromatic N) is 1. The number of benzene rings is 1. The Morgan fingerprint density at radius 2 is 1.70 bits per heavy atom. The number of rotatable bonds is 14. The van der Waals surface area contributed by atoms with Crippen molar-refractivity contribution in [3.05, 3.63) is 29.8 Å². The molecule has 2 heterocycles. The lowest BCUT2D eigenvalue weighted by Crippen LogP contribution is -2.57. The molecule has 43 heavy (non-hydrogen) atoms. The molecule has 0 aromatic heterocycles. The van der Waals surface area contributed by atoms with Gasteiger partial charge in [0, 0.05) is 32.4 Å². The van der Waals surface area contributed by atoms with Crippen molar-refractivity contribution in [1.29, 1.82) is 0 Å². The zero-order chi connectivity index (χ0) is 31.2. The summed E-state index contributed by atoms with van der Waals surface area (Å²) in [7, 11) is 1.53. The van der Waals surface area contributed by atoms with Gasteiger partial charge in [-0.1, -0.05) is 12.1 Å². The summed E-state index contributed by atoms with van der Waals surface area (Å²) < 4.78 is 43.7. The highest BCUT2D eigenvalue weighted by Crippen LogP contribution is 2.41. The second-order valence-electron chi connectivity index (χ2n) is 11.9. The van der Waals surface area contributed by atoms with E-state index in [0.717, 1.165) is 0 Å². The Morgan fingerprint density at radius 3 is 2.28 bits per heavy atom. The molecular formula is C30H42F2N4O7. The molecule has 4 rings (SSSR count). The van der Waals surface area contributed by atoms with Crippen LogP contribution >= 0.6 is 0 Å². The van der Waals surface area contributed by atoms with Gasteiger partial charge in [-0.3, -0.25) is 24.1 Å². The van der Waals surface area contributed by atoms with Gasteiger partial charge in [-0.15, -0.1) is 0 Å². The molecule has 3 aliphatic rings. The molecule has 0 spiro atoms. The molecule has 3 fully saturated rings. The van der Waals surface area contributed by atoms with Crippen molar-refractivity contribution in [1.82, 2.24) is 20.9 Å². The number of carbonyl (C=O) groups is 4. The predicted octanol–water partition coefficient (Wildman–Crippen LogP) is 1.23. The van der Waals surface area contributed by atoms with Crippen LogP contribution in [0.2, 0.25) is 0 Å². The SMILES string of the molecule is COc1ccc(C[C@H](NC(=O)[C@H](C)NC(=O)CN2CCOCC2)C(=O)N[C@@H](C[C@@H]2CCC(F)(F)C2)C(=O)[C@]2(C)CO2)cc1. The number of epoxide rings is 1. The average molecular weight is 609 g/mol. The highest BCUT2D eigenvalue weighted by molar-refractivity contribution is 5.98. The molecule has 13 heteroatoms. The van der Waals surface area contributed by atoms with E-state index in [9.17, 15) is 28.0 Å². The van der Waals surface area contributed by atoms with Crippen LogP contribution < -0.4 is 20.7 Å². The van der Waals surface area contributed by atoms with E-state index in [0.29, 0.717) is 37.6 Å². The monoisotopic (exact) mass is 608 g/mol. The first-order valence-corrected chi connectivity index (χ1v) is 14.8. The zero-order valence-corrected chi connectivity index (χ0v) is 25.0. The second-order valence-corrected chi connectivity index (χ2v) is 11.9. The third-order valence-electron chi connectivity index (χ3n) is 8.28. The molecule has 1 aromatic rings. The molecule has 1 saturated carbocycles. The summed E-state index contributed by atoms with van der Waals surface area (Å²) in [6.07, 6.45) is -0.232. The summed E-state index contributed by atoms with van der Waals surface area (Å²) in [5.74, 6) is -4.56. The van der Waals surface area contributed by atoms with Gasteiger partial charge in [0.25, 0.3) is 0 Å². The highest BCUT2D eigenvalue weighted by Gasteiger charge is 2.51. The van der Waals surface area contributed by atoms with Crippen molar-refractivity contribution in [3.8, 4) is 5.75 Å². The number of methoxy groups -OCH3 is 1. The lowest BCUT2D eigenvalue weighted by Gasteiger charge is -2.27. The predicted molar refractivity (Wildman–Crippen MR) is 152 cm³/mol. The van der Waals surface area contributed by atoms with Gasteiger partial charge in [0.1, 0.15) is 23.4 Å². The number of hydrogen-bond donors (Lipinski definition) is 3. The van der Waals surface area contributed by atoms with Gasteiger partial charge < -0.3 is 30.2 Å². The third-order valence-corrected chi connectivity index (χ3v) is 8.28. The van der Waals surface area contributed by atoms with Gasteiger partial charge in [-0.2, -0.15) is 0 Å². The average Bonchev–Trinajstić information content (AvgIpc) is 3.64. The third kappa shape index (κ3) is 9.41. The van der Waals surface area contributed by atoms with Crippen molar-refractivity contribution in [2.45, 2.75) is 75.6 Å². The van der Waals surface area contributed by atoms with Crippen LogP contribution in [0.25, 0.3) is 0 Å². The Labute approximate surface area is 250 Å². The first-order valence-electron chi connectivity index (χ1n) is 14.8. The Balaban J connectivity index is 1.45. The number of alkyl halides is 2. The summed E-state index contributed by atoms with van der Waals surface area (Å²) in [4.78, 5) is 54.6. The number of nitrogens with one attached hydrogen (secondary N) is 3. The minimum Gasteiger partial charge on any atom is -0.497 e. The minimum atomic E-state index is -2.80. The lowest BCUT2D eigenvalue weighted by atomic mass is 9.90. The van der Waals surface area contributed by atoms with Crippen LogP contribution in [0.3, 0.4) is 0 Å². The minimum absolute atomic E-state index is 0.0519. The number of Topliss-reactive ketones (excluding diaryl/α,β-unsaturated/α-hetero) is 1. The quantitative estimate of drug-likeness (QED) is 0.268. The molecule has 1 aromatic carbocycles. The van der Waals surface area contributed by atoms with Crippen molar-refractivity contribution in [2.75, 3.05) is 46.6 Å². The molecule has 2 aliphatic heterocycles. The van der Waals surface area contributed by atoms with Crippen molar-refractivity contribution >= 4 is 23.5 Å². The van der Waals surface area contributed by atoms with E-state index >= 15 is 0 Å². The van der Waals surface area contributed by atoms with Crippen LogP contribution in [0.4, 0.5) is 8.78 Å². The molecule has 2 saturated heterocycles. The topological polar surface area (TPSA) is 139 Å². The summed E-state index contributed by atoms with van der Waals surface area (Å²) >= 11 is 0. The van der Waals surface area contributed by atoms with E-state index in [-0.39, 0.29) is 56.9 Å². The molecule has 238 valence electrons. The molecule has 3 N–H and O–H groups in total. The normalized spacial score (nSPS) is 25.2. The van der Waals surface area contributed by atoms with Gasteiger partial charge in [-0.25, -0.2) is 8.78 Å². The zero-order valence-electron chi connectivity index (χ0n) is 25.0. The molecule has 5 atom stereocenters. The van der Waals surface area contributed by atoms with E-state index < -0.39 is 47.4 Å². The Morgan fingerprint density at radius 1 is 1.05 bits per heavy atom. The van der Waals surface area contributed by atoms with E-state index in [1.54, 1.807) is 31.2 Å². The first kappa shape index (κ1) is 32.7. The molecule has 0 radical (unpaired) electrons. The summed E-state index contributed by atoms with van der Waals surface area (Å²) in [5, 5.41) is 8.13. The van der Waals surface area contributed by atoms with Gasteiger partial charge >= 0.3 is 0 Å². The fourth-order valence-electron chi connectivity index (χ4n) is 5.52. The van der Waals surface area contributed by atoms with E-state index in [2.05, 4.69) is 16.0 Å². The number of hydrogen-bond acceptors (Lipinski definition) is 8. The van der Waals surface area contributed by atoms with Crippen LogP contribution in [0.15, 0.2) is 24.3 Å². The van der Waals surface area contributed by atoms with Crippen molar-refractivity contribution < 1.29 is 42.2 Å². The maximum Gasteiger partial charge on any atom is 0.248 e. The fraction of sp³-hybridized carbons (Fsp3) is 0.667. The number of halogens is 2. The fourth-order valence-corrected chi connectivity index (χ4v) is 5.52.